The Morgan fingerprint density at radius 1 is 1.16 bits per heavy atom. The van der Waals surface area contributed by atoms with Crippen LogP contribution in [0, 0.1) is 6.92 Å². The molecule has 0 atom stereocenters. The smallest absolute Gasteiger partial charge is 0.170 e. The zero-order valence-electron chi connectivity index (χ0n) is 11.3. The number of aryl methyl sites for hydroxylation is 1. The average Bonchev–Trinajstić information content (AvgIpc) is 2.65. The highest BCUT2D eigenvalue weighted by Crippen LogP contribution is 2.33. The summed E-state index contributed by atoms with van der Waals surface area (Å²) < 4.78 is 1.66. The van der Waals surface area contributed by atoms with Crippen LogP contribution in [0.2, 0.25) is 10.0 Å². The van der Waals surface area contributed by atoms with Crippen LogP contribution >= 0.6 is 23.2 Å². The highest BCUT2D eigenvalue weighted by molar-refractivity contribution is 6.35. The molecular weight excluding hydrogens is 283 g/mol. The third-order valence-corrected chi connectivity index (χ3v) is 3.57. The summed E-state index contributed by atoms with van der Waals surface area (Å²) in [6.45, 7) is 8.03. The number of aromatic nitrogens is 3. The van der Waals surface area contributed by atoms with Crippen molar-refractivity contribution in [1.29, 1.82) is 0 Å². The Labute approximate surface area is 122 Å². The average molecular weight is 299 g/mol. The largest absolute Gasteiger partial charge is 0.381 e. The quantitative estimate of drug-likeness (QED) is 0.872. The molecule has 0 amide bonds. The van der Waals surface area contributed by atoms with E-state index in [2.05, 4.69) is 10.3 Å². The van der Waals surface area contributed by atoms with Gasteiger partial charge in [0.25, 0.3) is 0 Å². The number of nitrogens with zero attached hydrogens (tertiary/aromatic N) is 3. The lowest BCUT2D eigenvalue weighted by atomic mass is 9.91. The van der Waals surface area contributed by atoms with Crippen LogP contribution in [0.3, 0.4) is 0 Å². The van der Waals surface area contributed by atoms with E-state index in [1.165, 1.54) is 0 Å². The second-order valence-electron chi connectivity index (χ2n) is 5.54. The zero-order valence-corrected chi connectivity index (χ0v) is 12.8. The fourth-order valence-corrected chi connectivity index (χ4v) is 2.42. The number of halogens is 2. The van der Waals surface area contributed by atoms with E-state index >= 15 is 0 Å². The molecule has 0 radical (unpaired) electrons. The number of rotatable bonds is 1. The first-order chi connectivity index (χ1) is 8.71. The van der Waals surface area contributed by atoms with Gasteiger partial charge in [-0.2, -0.15) is 0 Å². The molecule has 1 aromatic carbocycles. The van der Waals surface area contributed by atoms with Crippen molar-refractivity contribution in [3.63, 3.8) is 0 Å². The summed E-state index contributed by atoms with van der Waals surface area (Å²) in [5.74, 6) is 0.403. The molecule has 0 saturated carbocycles. The van der Waals surface area contributed by atoms with Crippen molar-refractivity contribution < 1.29 is 0 Å². The van der Waals surface area contributed by atoms with E-state index < -0.39 is 0 Å². The minimum absolute atomic E-state index is 0.200. The molecular formula is C13H16Cl2N4. The minimum atomic E-state index is -0.200. The molecule has 0 spiro atoms. The summed E-state index contributed by atoms with van der Waals surface area (Å²) >= 11 is 12.4. The van der Waals surface area contributed by atoms with Crippen LogP contribution in [0.1, 0.15) is 32.0 Å². The van der Waals surface area contributed by atoms with E-state index in [0.29, 0.717) is 21.6 Å². The monoisotopic (exact) mass is 298 g/mol. The van der Waals surface area contributed by atoms with Crippen LogP contribution < -0.4 is 5.73 Å². The van der Waals surface area contributed by atoms with E-state index in [9.17, 15) is 0 Å². The molecule has 2 N–H and O–H groups in total. The summed E-state index contributed by atoms with van der Waals surface area (Å²) in [6, 6.07) is 3.59. The Bertz CT molecular complexity index is 626. The van der Waals surface area contributed by atoms with Gasteiger partial charge in [0.05, 0.1) is 16.4 Å². The molecule has 0 aliphatic heterocycles. The van der Waals surface area contributed by atoms with Gasteiger partial charge in [-0.3, -0.25) is 0 Å². The molecule has 0 unspecified atom stereocenters. The molecule has 1 aromatic heterocycles. The summed E-state index contributed by atoms with van der Waals surface area (Å²) in [6.07, 6.45) is 0. The topological polar surface area (TPSA) is 56.7 Å². The zero-order chi connectivity index (χ0) is 14.4. The number of hydrogen-bond acceptors (Lipinski definition) is 3. The van der Waals surface area contributed by atoms with Gasteiger partial charge in [0, 0.05) is 10.4 Å². The number of nitrogens with two attached hydrogens (primary N) is 1. The molecule has 1 heterocycles. The normalized spacial score (nSPS) is 11.9. The second kappa shape index (κ2) is 4.69. The minimum Gasteiger partial charge on any atom is -0.381 e. The van der Waals surface area contributed by atoms with Crippen molar-refractivity contribution in [3.05, 3.63) is 33.4 Å². The predicted octanol–water partition coefficient (Wildman–Crippen LogP) is 3.76. The summed E-state index contributed by atoms with van der Waals surface area (Å²) in [5, 5.41) is 9.22. The number of nitrogen functional groups attached to an aromatic ring is 1. The Balaban J connectivity index is 2.70. The molecule has 2 aromatic rings. The van der Waals surface area contributed by atoms with E-state index in [1.807, 2.05) is 33.8 Å². The number of anilines is 1. The van der Waals surface area contributed by atoms with Crippen LogP contribution in [0.5, 0.6) is 0 Å². The molecule has 0 aliphatic rings. The Morgan fingerprint density at radius 3 is 2.37 bits per heavy atom. The van der Waals surface area contributed by atoms with Gasteiger partial charge in [-0.15, -0.1) is 5.10 Å². The molecule has 6 heteroatoms. The fourth-order valence-electron chi connectivity index (χ4n) is 1.96. The van der Waals surface area contributed by atoms with Gasteiger partial charge in [-0.05, 0) is 24.6 Å². The molecule has 0 bridgehead atoms. The van der Waals surface area contributed by atoms with Crippen molar-refractivity contribution >= 4 is 29.0 Å². The van der Waals surface area contributed by atoms with Gasteiger partial charge < -0.3 is 5.73 Å². The lowest BCUT2D eigenvalue weighted by molar-refractivity contribution is 0.544. The van der Waals surface area contributed by atoms with Crippen molar-refractivity contribution in [2.24, 2.45) is 0 Å². The first-order valence-electron chi connectivity index (χ1n) is 5.89. The highest BCUT2D eigenvalue weighted by atomic mass is 35.5. The third kappa shape index (κ3) is 2.55. The van der Waals surface area contributed by atoms with Gasteiger partial charge in [-0.25, -0.2) is 4.68 Å². The molecule has 19 heavy (non-hydrogen) atoms. The molecule has 0 aliphatic carbocycles. The first kappa shape index (κ1) is 14.2. The molecule has 2 rings (SSSR count). The summed E-state index contributed by atoms with van der Waals surface area (Å²) in [5.41, 5.74) is 8.13. The third-order valence-electron chi connectivity index (χ3n) is 2.86. The molecule has 4 nitrogen and oxygen atoms in total. The standard InChI is InChI=1S/C13H16Cl2N4/c1-7-5-9(15)10(6-8(7)14)19-11(13(2,3)4)12(16)17-18-19/h5-6H,16H2,1-4H3. The molecule has 102 valence electrons. The van der Waals surface area contributed by atoms with Crippen molar-refractivity contribution in [1.82, 2.24) is 15.0 Å². The van der Waals surface area contributed by atoms with Crippen LogP contribution in [-0.2, 0) is 5.41 Å². The molecule has 0 fully saturated rings. The van der Waals surface area contributed by atoms with Gasteiger partial charge >= 0.3 is 0 Å². The van der Waals surface area contributed by atoms with Crippen molar-refractivity contribution in [2.75, 3.05) is 5.73 Å². The van der Waals surface area contributed by atoms with Gasteiger partial charge in [0.1, 0.15) is 0 Å². The Morgan fingerprint density at radius 2 is 1.79 bits per heavy atom. The van der Waals surface area contributed by atoms with E-state index in [4.69, 9.17) is 28.9 Å². The van der Waals surface area contributed by atoms with E-state index in [1.54, 1.807) is 10.7 Å². The SMILES string of the molecule is Cc1cc(Cl)c(-n2nnc(N)c2C(C)(C)C)cc1Cl. The van der Waals surface area contributed by atoms with Crippen LogP contribution in [0.4, 0.5) is 5.82 Å². The van der Waals surface area contributed by atoms with Crippen molar-refractivity contribution in [2.45, 2.75) is 33.1 Å². The Hall–Kier alpha value is -1.26. The van der Waals surface area contributed by atoms with E-state index in [0.717, 1.165) is 11.3 Å². The number of hydrogen-bond donors (Lipinski definition) is 1. The van der Waals surface area contributed by atoms with E-state index in [-0.39, 0.29) is 5.41 Å². The van der Waals surface area contributed by atoms with Crippen molar-refractivity contribution in [3.8, 4) is 5.69 Å². The van der Waals surface area contributed by atoms with Crippen LogP contribution in [0.25, 0.3) is 5.69 Å². The molecule has 0 saturated heterocycles. The lowest BCUT2D eigenvalue weighted by Crippen LogP contribution is -2.19. The Kier molecular flexibility index (Phi) is 3.49. The maximum absolute atomic E-state index is 6.28. The first-order valence-corrected chi connectivity index (χ1v) is 6.65. The summed E-state index contributed by atoms with van der Waals surface area (Å²) in [4.78, 5) is 0. The maximum atomic E-state index is 6.28. The van der Waals surface area contributed by atoms with Crippen LogP contribution in [-0.4, -0.2) is 15.0 Å². The predicted molar refractivity (Wildman–Crippen MR) is 79.2 cm³/mol. The van der Waals surface area contributed by atoms with Gasteiger partial charge in [0.15, 0.2) is 5.82 Å². The fraction of sp³-hybridized carbons (Fsp3) is 0.385. The second-order valence-corrected chi connectivity index (χ2v) is 6.35. The van der Waals surface area contributed by atoms with Gasteiger partial charge in [0.2, 0.25) is 0 Å². The summed E-state index contributed by atoms with van der Waals surface area (Å²) in [7, 11) is 0. The number of benzene rings is 1. The highest BCUT2D eigenvalue weighted by Gasteiger charge is 2.26. The van der Waals surface area contributed by atoms with Crippen LogP contribution in [0.15, 0.2) is 12.1 Å². The maximum Gasteiger partial charge on any atom is 0.170 e. The van der Waals surface area contributed by atoms with Gasteiger partial charge in [-0.1, -0.05) is 49.2 Å². The lowest BCUT2D eigenvalue weighted by Gasteiger charge is -2.20.